The molecule has 8 nitrogen and oxygen atoms in total. The number of carboxylic acid groups (broad SMARTS) is 1. The molecule has 3 aromatic rings. The Morgan fingerprint density at radius 1 is 1.22 bits per heavy atom. The maximum absolute atomic E-state index is 14.0. The maximum Gasteiger partial charge on any atom is 0.306 e. The van der Waals surface area contributed by atoms with Gasteiger partial charge in [-0.2, -0.15) is 4.98 Å². The summed E-state index contributed by atoms with van der Waals surface area (Å²) in [6, 6.07) is 13.3. The number of aliphatic carboxylic acids is 1. The third kappa shape index (κ3) is 5.99. The van der Waals surface area contributed by atoms with E-state index in [9.17, 15) is 19.1 Å². The number of oxazole rings is 1. The number of ether oxygens (including phenoxy) is 1. The van der Waals surface area contributed by atoms with Crippen LogP contribution in [0, 0.1) is 12.8 Å². The van der Waals surface area contributed by atoms with Crippen LogP contribution in [0.1, 0.15) is 43.2 Å². The number of aryl methyl sites for hydroxylation is 1. The third-order valence-electron chi connectivity index (χ3n) is 7.37. The highest BCUT2D eigenvalue weighted by Gasteiger charge is 2.38. The normalized spacial score (nSPS) is 24.7. The lowest BCUT2D eigenvalue weighted by molar-refractivity contribution is -0.147. The van der Waals surface area contributed by atoms with Crippen molar-refractivity contribution < 1.29 is 28.2 Å². The molecule has 196 valence electrons. The third-order valence-corrected chi connectivity index (χ3v) is 7.37. The van der Waals surface area contributed by atoms with E-state index in [4.69, 9.17) is 9.15 Å². The van der Waals surface area contributed by atoms with Gasteiger partial charge >= 0.3 is 5.97 Å². The smallest absolute Gasteiger partial charge is 0.306 e. The van der Waals surface area contributed by atoms with Crippen LogP contribution in [0.4, 0.5) is 16.1 Å². The van der Waals surface area contributed by atoms with Crippen LogP contribution in [-0.4, -0.2) is 52.8 Å². The highest BCUT2D eigenvalue weighted by molar-refractivity contribution is 5.87. The van der Waals surface area contributed by atoms with Crippen molar-refractivity contribution in [3.8, 4) is 0 Å². The number of ketones is 1. The summed E-state index contributed by atoms with van der Waals surface area (Å²) in [4.78, 5) is 29.2. The molecule has 2 fully saturated rings. The van der Waals surface area contributed by atoms with Crippen molar-refractivity contribution in [2.45, 2.75) is 69.9 Å². The Kier molecular flexibility index (Phi) is 7.53. The van der Waals surface area contributed by atoms with Crippen molar-refractivity contribution in [2.24, 2.45) is 5.92 Å². The van der Waals surface area contributed by atoms with Gasteiger partial charge in [0.05, 0.1) is 12.0 Å². The molecule has 1 saturated carbocycles. The van der Waals surface area contributed by atoms with Crippen molar-refractivity contribution in [1.29, 1.82) is 0 Å². The first kappa shape index (κ1) is 25.4. The number of Topliss-reactive ketones (excluding diaryl/α,β-unsaturated/α-hetero) is 1. The standard InChI is InChI=1S/C28H32FN3O5/c1-16-4-2-3-5-21(16)31-28-32-22-11-6-17(13-25(22)37-28)12-24(33)26(23-14-19(29)15-30-23)36-20-9-7-18(8-10-20)27(34)35/h2-6,11,13,18-20,23,26,30H,7-10,12,14-15H2,1H3,(H,31,32)(H,34,35). The quantitative estimate of drug-likeness (QED) is 0.380. The molecule has 3 N–H and O–H groups in total. The molecular formula is C28H32FN3O5. The van der Waals surface area contributed by atoms with Crippen LogP contribution in [0.25, 0.3) is 11.1 Å². The van der Waals surface area contributed by atoms with Gasteiger partial charge < -0.3 is 24.9 Å². The Labute approximate surface area is 214 Å². The molecule has 0 spiro atoms. The summed E-state index contributed by atoms with van der Waals surface area (Å²) in [5.41, 5.74) is 3.96. The van der Waals surface area contributed by atoms with Crippen LogP contribution >= 0.6 is 0 Å². The lowest BCUT2D eigenvalue weighted by atomic mass is 9.87. The average Bonchev–Trinajstić information content (AvgIpc) is 3.49. The summed E-state index contributed by atoms with van der Waals surface area (Å²) in [6.07, 6.45) is 0.499. The number of para-hydroxylation sites is 1. The van der Waals surface area contributed by atoms with Crippen LogP contribution in [0.5, 0.6) is 0 Å². The number of hydrogen-bond donors (Lipinski definition) is 3. The fourth-order valence-corrected chi connectivity index (χ4v) is 5.26. The van der Waals surface area contributed by atoms with Gasteiger partial charge in [0.2, 0.25) is 0 Å². The van der Waals surface area contributed by atoms with E-state index in [0.717, 1.165) is 16.8 Å². The van der Waals surface area contributed by atoms with Gasteiger partial charge in [0.25, 0.3) is 6.01 Å². The predicted octanol–water partition coefficient (Wildman–Crippen LogP) is 4.72. The minimum absolute atomic E-state index is 0.113. The summed E-state index contributed by atoms with van der Waals surface area (Å²) >= 11 is 0. The monoisotopic (exact) mass is 509 g/mol. The zero-order chi connectivity index (χ0) is 25.9. The van der Waals surface area contributed by atoms with Crippen LogP contribution in [0.15, 0.2) is 46.9 Å². The van der Waals surface area contributed by atoms with Crippen LogP contribution in [0.2, 0.25) is 0 Å². The number of rotatable bonds is 9. The van der Waals surface area contributed by atoms with Gasteiger partial charge in [-0.05, 0) is 68.4 Å². The molecule has 1 aliphatic heterocycles. The molecule has 2 aliphatic rings. The second-order valence-corrected chi connectivity index (χ2v) is 10.1. The fourth-order valence-electron chi connectivity index (χ4n) is 5.26. The minimum Gasteiger partial charge on any atom is -0.481 e. The van der Waals surface area contributed by atoms with Gasteiger partial charge in [-0.3, -0.25) is 9.59 Å². The van der Waals surface area contributed by atoms with Crippen LogP contribution < -0.4 is 10.6 Å². The number of anilines is 2. The summed E-state index contributed by atoms with van der Waals surface area (Å²) in [6.45, 7) is 2.19. The molecule has 2 aromatic carbocycles. The lowest BCUT2D eigenvalue weighted by Gasteiger charge is -2.32. The Balaban J connectivity index is 1.28. The average molecular weight is 510 g/mol. The van der Waals surface area contributed by atoms with Crippen molar-refractivity contribution in [1.82, 2.24) is 10.3 Å². The van der Waals surface area contributed by atoms with E-state index in [1.807, 2.05) is 43.3 Å². The molecule has 37 heavy (non-hydrogen) atoms. The van der Waals surface area contributed by atoms with Crippen molar-refractivity contribution >= 4 is 34.6 Å². The van der Waals surface area contributed by atoms with Crippen molar-refractivity contribution in [2.75, 3.05) is 11.9 Å². The number of carbonyl (C=O) groups is 2. The Hall–Kier alpha value is -3.30. The van der Waals surface area contributed by atoms with E-state index in [-0.39, 0.29) is 37.2 Å². The Morgan fingerprint density at radius 2 is 2.00 bits per heavy atom. The fraction of sp³-hybridized carbons (Fsp3) is 0.464. The second kappa shape index (κ2) is 11.0. The number of nitrogens with zero attached hydrogens (tertiary/aromatic N) is 1. The summed E-state index contributed by atoms with van der Waals surface area (Å²) in [5, 5.41) is 15.6. The van der Waals surface area contributed by atoms with Crippen LogP contribution in [0.3, 0.4) is 0 Å². The van der Waals surface area contributed by atoms with E-state index >= 15 is 0 Å². The number of halogens is 1. The zero-order valence-corrected chi connectivity index (χ0v) is 20.8. The summed E-state index contributed by atoms with van der Waals surface area (Å²) in [5.74, 6) is -1.29. The maximum atomic E-state index is 14.0. The van der Waals surface area contributed by atoms with E-state index in [1.165, 1.54) is 0 Å². The van der Waals surface area contributed by atoms with Gasteiger partial charge in [0.1, 0.15) is 17.8 Å². The number of carbonyl (C=O) groups excluding carboxylic acids is 1. The lowest BCUT2D eigenvalue weighted by Crippen LogP contribution is -2.45. The van der Waals surface area contributed by atoms with E-state index in [0.29, 0.717) is 42.8 Å². The highest BCUT2D eigenvalue weighted by atomic mass is 19.1. The van der Waals surface area contributed by atoms with Crippen molar-refractivity contribution in [3.63, 3.8) is 0 Å². The first-order chi connectivity index (χ1) is 17.9. The molecule has 1 aromatic heterocycles. The van der Waals surface area contributed by atoms with E-state index < -0.39 is 24.3 Å². The number of alkyl halides is 1. The van der Waals surface area contributed by atoms with Gasteiger partial charge in [-0.1, -0.05) is 24.3 Å². The topological polar surface area (TPSA) is 114 Å². The number of carboxylic acids is 1. The zero-order valence-electron chi connectivity index (χ0n) is 20.8. The predicted molar refractivity (Wildman–Crippen MR) is 137 cm³/mol. The number of aromatic nitrogens is 1. The molecule has 0 amide bonds. The van der Waals surface area contributed by atoms with Crippen LogP contribution in [-0.2, 0) is 20.7 Å². The molecule has 9 heteroatoms. The number of hydrogen-bond acceptors (Lipinski definition) is 7. The SMILES string of the molecule is Cc1ccccc1Nc1nc2ccc(CC(=O)C(OC3CCC(C(=O)O)CC3)C3CC(F)CN3)cc2o1. The Bertz CT molecular complexity index is 1270. The van der Waals surface area contributed by atoms with Gasteiger partial charge in [-0.15, -0.1) is 0 Å². The number of nitrogens with one attached hydrogen (secondary N) is 2. The van der Waals surface area contributed by atoms with Gasteiger partial charge in [-0.25, -0.2) is 4.39 Å². The molecule has 0 bridgehead atoms. The molecule has 2 heterocycles. The number of fused-ring (bicyclic) bond motifs is 1. The van der Waals surface area contributed by atoms with Gasteiger partial charge in [0.15, 0.2) is 11.4 Å². The molecule has 3 unspecified atom stereocenters. The minimum atomic E-state index is -1.02. The molecule has 1 saturated heterocycles. The first-order valence-electron chi connectivity index (χ1n) is 12.9. The largest absolute Gasteiger partial charge is 0.481 e. The van der Waals surface area contributed by atoms with Gasteiger partial charge in [0, 0.05) is 24.7 Å². The molecule has 5 rings (SSSR count). The number of benzene rings is 2. The summed E-state index contributed by atoms with van der Waals surface area (Å²) < 4.78 is 26.1. The van der Waals surface area contributed by atoms with E-state index in [2.05, 4.69) is 15.6 Å². The molecular weight excluding hydrogens is 477 g/mol. The highest BCUT2D eigenvalue weighted by Crippen LogP contribution is 2.30. The van der Waals surface area contributed by atoms with E-state index in [1.54, 1.807) is 6.07 Å². The second-order valence-electron chi connectivity index (χ2n) is 10.1. The summed E-state index contributed by atoms with van der Waals surface area (Å²) in [7, 11) is 0. The Morgan fingerprint density at radius 3 is 2.70 bits per heavy atom. The molecule has 1 aliphatic carbocycles. The molecule has 3 atom stereocenters. The van der Waals surface area contributed by atoms with Crippen molar-refractivity contribution in [3.05, 3.63) is 53.6 Å². The molecule has 0 radical (unpaired) electrons. The first-order valence-corrected chi connectivity index (χ1v) is 12.9.